The summed E-state index contributed by atoms with van der Waals surface area (Å²) in [6.45, 7) is 4.01. The van der Waals surface area contributed by atoms with Gasteiger partial charge in [-0.3, -0.25) is 4.79 Å². The second-order valence-corrected chi connectivity index (χ2v) is 6.20. The standard InChI is InChI=1S/C14H21NO2S/c1-9(8-16)10(2)15-14(17)12-4-3-5-13-11(12)6-7-18-13/h6-7,9-10,12,16H,3-5,8H2,1-2H3,(H,15,17). The molecule has 0 aromatic carbocycles. The van der Waals surface area contributed by atoms with E-state index < -0.39 is 0 Å². The lowest BCUT2D eigenvalue weighted by molar-refractivity contribution is -0.123. The molecule has 2 rings (SSSR count). The van der Waals surface area contributed by atoms with Crippen LogP contribution in [0.4, 0.5) is 0 Å². The van der Waals surface area contributed by atoms with Crippen LogP contribution in [0, 0.1) is 5.92 Å². The Morgan fingerprint density at radius 1 is 1.61 bits per heavy atom. The van der Waals surface area contributed by atoms with Gasteiger partial charge < -0.3 is 10.4 Å². The molecule has 0 saturated heterocycles. The molecule has 1 aliphatic rings. The highest BCUT2D eigenvalue weighted by Crippen LogP contribution is 2.35. The summed E-state index contributed by atoms with van der Waals surface area (Å²) in [5, 5.41) is 14.2. The van der Waals surface area contributed by atoms with Crippen LogP contribution < -0.4 is 5.32 Å². The van der Waals surface area contributed by atoms with Crippen molar-refractivity contribution in [1.82, 2.24) is 5.32 Å². The second-order valence-electron chi connectivity index (χ2n) is 5.20. The zero-order valence-electron chi connectivity index (χ0n) is 11.0. The number of hydrogen-bond donors (Lipinski definition) is 2. The van der Waals surface area contributed by atoms with Gasteiger partial charge in [0.15, 0.2) is 0 Å². The number of amides is 1. The number of rotatable bonds is 4. The quantitative estimate of drug-likeness (QED) is 0.879. The summed E-state index contributed by atoms with van der Waals surface area (Å²) in [6.07, 6.45) is 3.14. The fraction of sp³-hybridized carbons (Fsp3) is 0.643. The molecule has 0 radical (unpaired) electrons. The molecule has 1 amide bonds. The average Bonchev–Trinajstić information content (AvgIpc) is 2.85. The molecule has 0 aliphatic heterocycles. The van der Waals surface area contributed by atoms with E-state index in [9.17, 15) is 4.79 Å². The minimum absolute atomic E-state index is 0.00772. The summed E-state index contributed by atoms with van der Waals surface area (Å²) in [5.74, 6) is 0.218. The number of aliphatic hydroxyl groups is 1. The molecule has 0 fully saturated rings. The topological polar surface area (TPSA) is 49.3 Å². The van der Waals surface area contributed by atoms with E-state index in [-0.39, 0.29) is 30.4 Å². The lowest BCUT2D eigenvalue weighted by Crippen LogP contribution is -2.41. The van der Waals surface area contributed by atoms with Crippen LogP contribution in [0.2, 0.25) is 0 Å². The first kappa shape index (κ1) is 13.6. The number of fused-ring (bicyclic) bond motifs is 1. The number of carbonyl (C=O) groups excluding carboxylic acids is 1. The molecule has 1 aromatic rings. The van der Waals surface area contributed by atoms with Crippen molar-refractivity contribution < 1.29 is 9.90 Å². The van der Waals surface area contributed by atoms with E-state index in [1.54, 1.807) is 11.3 Å². The second kappa shape index (κ2) is 5.85. The molecule has 100 valence electrons. The predicted molar refractivity (Wildman–Crippen MR) is 73.9 cm³/mol. The third-order valence-electron chi connectivity index (χ3n) is 3.88. The first-order valence-corrected chi connectivity index (χ1v) is 7.49. The maximum absolute atomic E-state index is 12.3. The van der Waals surface area contributed by atoms with E-state index in [1.165, 1.54) is 10.4 Å². The summed E-state index contributed by atoms with van der Waals surface area (Å²) in [4.78, 5) is 13.7. The molecule has 4 heteroatoms. The Bertz CT molecular complexity index is 416. The van der Waals surface area contributed by atoms with Gasteiger partial charge in [-0.1, -0.05) is 6.92 Å². The molecule has 1 aromatic heterocycles. The summed E-state index contributed by atoms with van der Waals surface area (Å²) in [7, 11) is 0. The van der Waals surface area contributed by atoms with Gasteiger partial charge in [-0.15, -0.1) is 11.3 Å². The molecule has 3 unspecified atom stereocenters. The number of carbonyl (C=O) groups is 1. The molecule has 18 heavy (non-hydrogen) atoms. The van der Waals surface area contributed by atoms with Gasteiger partial charge in [0, 0.05) is 17.5 Å². The SMILES string of the molecule is CC(CO)C(C)NC(=O)C1CCCc2sccc21. The van der Waals surface area contributed by atoms with E-state index in [4.69, 9.17) is 5.11 Å². The summed E-state index contributed by atoms with van der Waals surface area (Å²) in [6, 6.07) is 2.11. The van der Waals surface area contributed by atoms with E-state index >= 15 is 0 Å². The molecular formula is C14H21NO2S. The minimum atomic E-state index is 0.00772. The number of aliphatic hydroxyl groups excluding tert-OH is 1. The van der Waals surface area contributed by atoms with Crippen molar-refractivity contribution in [3.63, 3.8) is 0 Å². The smallest absolute Gasteiger partial charge is 0.227 e. The zero-order chi connectivity index (χ0) is 13.1. The third kappa shape index (κ3) is 2.75. The highest BCUT2D eigenvalue weighted by atomic mass is 32.1. The van der Waals surface area contributed by atoms with E-state index in [2.05, 4.69) is 16.8 Å². The van der Waals surface area contributed by atoms with Crippen molar-refractivity contribution in [3.05, 3.63) is 21.9 Å². The summed E-state index contributed by atoms with van der Waals surface area (Å²) >= 11 is 1.76. The van der Waals surface area contributed by atoms with Crippen LogP contribution in [0.1, 0.15) is 43.0 Å². The van der Waals surface area contributed by atoms with Gasteiger partial charge in [-0.2, -0.15) is 0 Å². The average molecular weight is 267 g/mol. The maximum Gasteiger partial charge on any atom is 0.227 e. The van der Waals surface area contributed by atoms with Crippen LogP contribution >= 0.6 is 11.3 Å². The van der Waals surface area contributed by atoms with Crippen LogP contribution in [0.15, 0.2) is 11.4 Å². The summed E-state index contributed by atoms with van der Waals surface area (Å²) < 4.78 is 0. The van der Waals surface area contributed by atoms with Crippen molar-refractivity contribution in [1.29, 1.82) is 0 Å². The lowest BCUT2D eigenvalue weighted by atomic mass is 9.86. The van der Waals surface area contributed by atoms with Gasteiger partial charge in [-0.05, 0) is 49.1 Å². The molecule has 1 aliphatic carbocycles. The molecule has 3 atom stereocenters. The number of nitrogens with one attached hydrogen (secondary N) is 1. The van der Waals surface area contributed by atoms with Crippen molar-refractivity contribution in [2.45, 2.75) is 45.1 Å². The number of aryl methyl sites for hydroxylation is 1. The van der Waals surface area contributed by atoms with E-state index in [0.717, 1.165) is 19.3 Å². The Labute approximate surface area is 112 Å². The van der Waals surface area contributed by atoms with Crippen LogP contribution in [0.25, 0.3) is 0 Å². The minimum Gasteiger partial charge on any atom is -0.396 e. The van der Waals surface area contributed by atoms with Crippen LogP contribution in [-0.4, -0.2) is 23.7 Å². The Morgan fingerprint density at radius 2 is 2.39 bits per heavy atom. The van der Waals surface area contributed by atoms with Crippen molar-refractivity contribution in [2.75, 3.05) is 6.61 Å². The molecule has 3 nitrogen and oxygen atoms in total. The Balaban J connectivity index is 2.03. The van der Waals surface area contributed by atoms with Crippen molar-refractivity contribution in [3.8, 4) is 0 Å². The monoisotopic (exact) mass is 267 g/mol. The Kier molecular flexibility index (Phi) is 4.40. The number of thiophene rings is 1. The van der Waals surface area contributed by atoms with Crippen LogP contribution in [0.3, 0.4) is 0 Å². The lowest BCUT2D eigenvalue weighted by Gasteiger charge is -2.26. The van der Waals surface area contributed by atoms with Crippen LogP contribution in [0.5, 0.6) is 0 Å². The first-order valence-electron chi connectivity index (χ1n) is 6.61. The molecule has 0 bridgehead atoms. The van der Waals surface area contributed by atoms with Gasteiger partial charge in [0.2, 0.25) is 5.91 Å². The summed E-state index contributed by atoms with van der Waals surface area (Å²) in [5.41, 5.74) is 1.22. The fourth-order valence-corrected chi connectivity index (χ4v) is 3.37. The number of hydrogen-bond acceptors (Lipinski definition) is 3. The molecule has 0 spiro atoms. The molecule has 0 saturated carbocycles. The molecular weight excluding hydrogens is 246 g/mol. The third-order valence-corrected chi connectivity index (χ3v) is 4.88. The van der Waals surface area contributed by atoms with Gasteiger partial charge in [-0.25, -0.2) is 0 Å². The van der Waals surface area contributed by atoms with Gasteiger partial charge in [0.1, 0.15) is 0 Å². The first-order chi connectivity index (χ1) is 8.63. The van der Waals surface area contributed by atoms with Gasteiger partial charge in [0.05, 0.1) is 5.92 Å². The van der Waals surface area contributed by atoms with Crippen molar-refractivity contribution in [2.24, 2.45) is 5.92 Å². The molecule has 2 N–H and O–H groups in total. The van der Waals surface area contributed by atoms with Gasteiger partial charge in [0.25, 0.3) is 0 Å². The van der Waals surface area contributed by atoms with Crippen LogP contribution in [-0.2, 0) is 11.2 Å². The Hall–Kier alpha value is -0.870. The Morgan fingerprint density at radius 3 is 3.11 bits per heavy atom. The normalized spacial score (nSPS) is 22.1. The van der Waals surface area contributed by atoms with E-state index in [1.807, 2.05) is 13.8 Å². The zero-order valence-corrected chi connectivity index (χ0v) is 11.8. The van der Waals surface area contributed by atoms with Crippen molar-refractivity contribution >= 4 is 17.2 Å². The highest BCUT2D eigenvalue weighted by molar-refractivity contribution is 7.10. The predicted octanol–water partition coefficient (Wildman–Crippen LogP) is 2.30. The highest BCUT2D eigenvalue weighted by Gasteiger charge is 2.28. The fourth-order valence-electron chi connectivity index (χ4n) is 2.38. The molecule has 1 heterocycles. The largest absolute Gasteiger partial charge is 0.396 e. The van der Waals surface area contributed by atoms with E-state index in [0.29, 0.717) is 0 Å². The maximum atomic E-state index is 12.3. The van der Waals surface area contributed by atoms with Gasteiger partial charge >= 0.3 is 0 Å².